The van der Waals surface area contributed by atoms with Crippen molar-refractivity contribution in [3.05, 3.63) is 64.9 Å². The monoisotopic (exact) mass is 333 g/mol. The second kappa shape index (κ2) is 7.01. The van der Waals surface area contributed by atoms with Crippen molar-refractivity contribution >= 4 is 17.5 Å². The third-order valence-electron chi connectivity index (χ3n) is 3.90. The summed E-state index contributed by atoms with van der Waals surface area (Å²) in [6.45, 7) is 1.20. The number of carbonyl (C=O) groups excluding carboxylic acids is 1. The van der Waals surface area contributed by atoms with Crippen molar-refractivity contribution in [3.8, 4) is 5.75 Å². The molecule has 0 radical (unpaired) electrons. The van der Waals surface area contributed by atoms with Crippen LogP contribution in [0.1, 0.15) is 23.2 Å². The van der Waals surface area contributed by atoms with Gasteiger partial charge >= 0.3 is 0 Å². The van der Waals surface area contributed by atoms with E-state index >= 15 is 0 Å². The maximum absolute atomic E-state index is 13.2. The second-order valence-electron chi connectivity index (χ2n) is 5.58. The Hall–Kier alpha value is -2.07. The number of nitrogens with zero attached hydrogens (tertiary/aromatic N) is 1. The molecule has 1 aliphatic rings. The highest BCUT2D eigenvalue weighted by molar-refractivity contribution is 6.30. The van der Waals surface area contributed by atoms with Crippen molar-refractivity contribution in [2.75, 3.05) is 13.1 Å². The fourth-order valence-electron chi connectivity index (χ4n) is 2.71. The number of benzene rings is 2. The van der Waals surface area contributed by atoms with Crippen LogP contribution in [0.25, 0.3) is 0 Å². The number of piperidine rings is 1. The van der Waals surface area contributed by atoms with Crippen LogP contribution in [0.4, 0.5) is 4.39 Å². The Kier molecular flexibility index (Phi) is 4.82. The Bertz CT molecular complexity index is 699. The molecule has 0 aliphatic carbocycles. The summed E-state index contributed by atoms with van der Waals surface area (Å²) in [6, 6.07) is 13.1. The number of likely N-dealkylation sites (tertiary alicyclic amines) is 1. The molecule has 1 fully saturated rings. The van der Waals surface area contributed by atoms with Crippen molar-refractivity contribution in [3.63, 3.8) is 0 Å². The minimum Gasteiger partial charge on any atom is -0.490 e. The summed E-state index contributed by atoms with van der Waals surface area (Å²) >= 11 is 5.94. The summed E-state index contributed by atoms with van der Waals surface area (Å²) in [6.07, 6.45) is 1.55. The van der Waals surface area contributed by atoms with Gasteiger partial charge in [0, 0.05) is 36.5 Å². The number of hydrogen-bond donors (Lipinski definition) is 0. The van der Waals surface area contributed by atoms with E-state index in [0.29, 0.717) is 23.7 Å². The second-order valence-corrected chi connectivity index (χ2v) is 6.01. The molecule has 2 aromatic carbocycles. The molecule has 3 nitrogen and oxygen atoms in total. The lowest BCUT2D eigenvalue weighted by Gasteiger charge is -2.32. The minimum atomic E-state index is -0.393. The predicted molar refractivity (Wildman–Crippen MR) is 87.4 cm³/mol. The molecule has 2 aromatic rings. The Balaban J connectivity index is 1.57. The minimum absolute atomic E-state index is 0.0602. The van der Waals surface area contributed by atoms with E-state index in [0.717, 1.165) is 18.6 Å². The van der Waals surface area contributed by atoms with Crippen molar-refractivity contribution < 1.29 is 13.9 Å². The van der Waals surface area contributed by atoms with Crippen LogP contribution in [0.2, 0.25) is 5.02 Å². The first-order valence-electron chi connectivity index (χ1n) is 7.59. The smallest absolute Gasteiger partial charge is 0.253 e. The molecule has 0 bridgehead atoms. The molecule has 0 aromatic heterocycles. The average molecular weight is 334 g/mol. The predicted octanol–water partition coefficient (Wildman–Crippen LogP) is 4.16. The Morgan fingerprint density at radius 3 is 2.57 bits per heavy atom. The quantitative estimate of drug-likeness (QED) is 0.844. The number of hydrogen-bond acceptors (Lipinski definition) is 2. The first kappa shape index (κ1) is 15.8. The van der Waals surface area contributed by atoms with Gasteiger partial charge in [0.2, 0.25) is 0 Å². The third-order valence-corrected chi connectivity index (χ3v) is 4.13. The number of carbonyl (C=O) groups is 1. The molecule has 120 valence electrons. The van der Waals surface area contributed by atoms with Crippen molar-refractivity contribution in [2.24, 2.45) is 0 Å². The molecule has 5 heteroatoms. The molecular formula is C18H17ClFNO2. The van der Waals surface area contributed by atoms with Crippen molar-refractivity contribution in [1.82, 2.24) is 4.90 Å². The van der Waals surface area contributed by atoms with E-state index in [-0.39, 0.29) is 12.0 Å². The highest BCUT2D eigenvalue weighted by Gasteiger charge is 2.24. The molecule has 1 aliphatic heterocycles. The standard InChI is InChI=1S/C18H17ClFNO2/c19-14-4-2-6-17(12-14)23-16-7-9-21(10-8-16)18(22)13-3-1-5-15(20)11-13/h1-6,11-12,16H,7-10H2. The van der Waals surface area contributed by atoms with Gasteiger partial charge in [-0.1, -0.05) is 23.7 Å². The number of rotatable bonds is 3. The SMILES string of the molecule is O=C(c1cccc(F)c1)N1CCC(Oc2cccc(Cl)c2)CC1. The fraction of sp³-hybridized carbons (Fsp3) is 0.278. The molecule has 1 heterocycles. The van der Waals surface area contributed by atoms with E-state index in [4.69, 9.17) is 16.3 Å². The van der Waals surface area contributed by atoms with Gasteiger partial charge in [-0.25, -0.2) is 4.39 Å². The van der Waals surface area contributed by atoms with Crippen LogP contribution in [0, 0.1) is 5.82 Å². The van der Waals surface area contributed by atoms with E-state index in [2.05, 4.69) is 0 Å². The van der Waals surface area contributed by atoms with Gasteiger partial charge in [-0.15, -0.1) is 0 Å². The summed E-state index contributed by atoms with van der Waals surface area (Å²) in [5.41, 5.74) is 0.388. The van der Waals surface area contributed by atoms with Crippen LogP contribution < -0.4 is 4.74 Å². The van der Waals surface area contributed by atoms with Crippen LogP contribution in [0.5, 0.6) is 5.75 Å². The van der Waals surface area contributed by atoms with Crippen LogP contribution in [0.3, 0.4) is 0 Å². The van der Waals surface area contributed by atoms with Crippen LogP contribution in [0.15, 0.2) is 48.5 Å². The largest absolute Gasteiger partial charge is 0.490 e. The van der Waals surface area contributed by atoms with Crippen molar-refractivity contribution in [2.45, 2.75) is 18.9 Å². The molecule has 1 saturated heterocycles. The summed E-state index contributed by atoms with van der Waals surface area (Å²) in [5, 5.41) is 0.640. The van der Waals surface area contributed by atoms with Gasteiger partial charge in [-0.05, 0) is 36.4 Å². The number of ether oxygens (including phenoxy) is 1. The Morgan fingerprint density at radius 2 is 1.87 bits per heavy atom. The van der Waals surface area contributed by atoms with E-state index in [1.807, 2.05) is 12.1 Å². The molecule has 0 atom stereocenters. The number of halogens is 2. The summed E-state index contributed by atoms with van der Waals surface area (Å²) in [4.78, 5) is 14.1. The van der Waals surface area contributed by atoms with E-state index in [9.17, 15) is 9.18 Å². The van der Waals surface area contributed by atoms with Crippen LogP contribution in [-0.2, 0) is 0 Å². The summed E-state index contributed by atoms with van der Waals surface area (Å²) < 4.78 is 19.1. The van der Waals surface area contributed by atoms with Gasteiger partial charge in [-0.2, -0.15) is 0 Å². The zero-order valence-electron chi connectivity index (χ0n) is 12.5. The molecule has 3 rings (SSSR count). The molecule has 0 N–H and O–H groups in total. The van der Waals surface area contributed by atoms with Gasteiger partial charge in [0.25, 0.3) is 5.91 Å². The van der Waals surface area contributed by atoms with Gasteiger partial charge in [0.15, 0.2) is 0 Å². The zero-order chi connectivity index (χ0) is 16.2. The van der Waals surface area contributed by atoms with E-state index < -0.39 is 5.82 Å². The van der Waals surface area contributed by atoms with Crippen LogP contribution in [-0.4, -0.2) is 30.0 Å². The Morgan fingerprint density at radius 1 is 1.13 bits per heavy atom. The third kappa shape index (κ3) is 4.02. The molecule has 0 spiro atoms. The van der Waals surface area contributed by atoms with Crippen LogP contribution >= 0.6 is 11.6 Å². The van der Waals surface area contributed by atoms with Gasteiger partial charge in [0.05, 0.1) is 0 Å². The van der Waals surface area contributed by atoms with E-state index in [1.165, 1.54) is 12.1 Å². The first-order valence-corrected chi connectivity index (χ1v) is 7.97. The normalized spacial score (nSPS) is 15.5. The maximum atomic E-state index is 13.2. The molecular weight excluding hydrogens is 317 g/mol. The maximum Gasteiger partial charge on any atom is 0.253 e. The molecule has 0 saturated carbocycles. The lowest BCUT2D eigenvalue weighted by atomic mass is 10.1. The molecule has 0 unspecified atom stereocenters. The van der Waals surface area contributed by atoms with Gasteiger partial charge in [0.1, 0.15) is 17.7 Å². The number of amides is 1. The lowest BCUT2D eigenvalue weighted by molar-refractivity contribution is 0.0595. The average Bonchev–Trinajstić information content (AvgIpc) is 2.55. The van der Waals surface area contributed by atoms with Gasteiger partial charge < -0.3 is 9.64 Å². The molecule has 1 amide bonds. The lowest BCUT2D eigenvalue weighted by Crippen LogP contribution is -2.41. The fourth-order valence-corrected chi connectivity index (χ4v) is 2.89. The topological polar surface area (TPSA) is 29.5 Å². The van der Waals surface area contributed by atoms with E-state index in [1.54, 1.807) is 29.2 Å². The highest BCUT2D eigenvalue weighted by Crippen LogP contribution is 2.22. The Labute approximate surface area is 139 Å². The summed E-state index contributed by atoms with van der Waals surface area (Å²) in [5.74, 6) is 0.216. The van der Waals surface area contributed by atoms with Crippen molar-refractivity contribution in [1.29, 1.82) is 0 Å². The highest BCUT2D eigenvalue weighted by atomic mass is 35.5. The molecule has 23 heavy (non-hydrogen) atoms. The first-order chi connectivity index (χ1) is 11.1. The zero-order valence-corrected chi connectivity index (χ0v) is 13.3. The van der Waals surface area contributed by atoms with Gasteiger partial charge in [-0.3, -0.25) is 4.79 Å². The summed E-state index contributed by atoms with van der Waals surface area (Å²) in [7, 11) is 0.